The maximum atomic E-state index is 14.2. The number of pyridine rings is 1. The van der Waals surface area contributed by atoms with E-state index in [4.69, 9.17) is 4.74 Å². The summed E-state index contributed by atoms with van der Waals surface area (Å²) in [4.78, 5) is 39.1. The molecule has 1 atom stereocenters. The monoisotopic (exact) mass is 453 g/mol. The Morgan fingerprint density at radius 3 is 2.76 bits per heavy atom. The summed E-state index contributed by atoms with van der Waals surface area (Å²) in [5, 5.41) is 5.16. The molecule has 0 bridgehead atoms. The molecule has 172 valence electrons. The Balaban J connectivity index is 1.24. The highest BCUT2D eigenvalue weighted by Crippen LogP contribution is 2.49. The fraction of sp³-hybridized carbons (Fsp3) is 0.409. The van der Waals surface area contributed by atoms with Crippen LogP contribution in [0.1, 0.15) is 35.4 Å². The number of hydrogen-bond acceptors (Lipinski definition) is 7. The number of nitrogens with one attached hydrogen (secondary N) is 2. The van der Waals surface area contributed by atoms with E-state index in [0.717, 1.165) is 25.8 Å². The van der Waals surface area contributed by atoms with E-state index in [2.05, 4.69) is 30.5 Å². The number of fused-ring (bicyclic) bond motifs is 1. The molecule has 3 aromatic rings. The fourth-order valence-corrected chi connectivity index (χ4v) is 4.39. The molecule has 0 radical (unpaired) electrons. The molecular formula is C22H24FN7O3. The molecule has 11 heteroatoms. The van der Waals surface area contributed by atoms with E-state index in [0.29, 0.717) is 23.7 Å². The SMILES string of the molecule is CNC(=O)OC1([C@@H]2CCN(c3cnc(C(=O)Nc4cc(F)c5nc(C)cn5c4)cn3)C2)CC1. The highest BCUT2D eigenvalue weighted by molar-refractivity contribution is 6.02. The first-order valence-electron chi connectivity index (χ1n) is 10.8. The van der Waals surface area contributed by atoms with Crippen LogP contribution in [0.4, 0.5) is 20.7 Å². The van der Waals surface area contributed by atoms with E-state index >= 15 is 0 Å². The Morgan fingerprint density at radius 2 is 2.06 bits per heavy atom. The van der Waals surface area contributed by atoms with Crippen molar-refractivity contribution in [2.24, 2.45) is 5.92 Å². The number of imidazole rings is 1. The number of hydrogen-bond donors (Lipinski definition) is 2. The number of carbonyl (C=O) groups is 2. The van der Waals surface area contributed by atoms with Crippen molar-refractivity contribution in [3.05, 3.63) is 48.1 Å². The Hall–Kier alpha value is -3.76. The number of aryl methyl sites for hydroxylation is 1. The molecule has 1 aliphatic carbocycles. The smallest absolute Gasteiger partial charge is 0.407 e. The van der Waals surface area contributed by atoms with Crippen molar-refractivity contribution in [3.8, 4) is 0 Å². The maximum Gasteiger partial charge on any atom is 0.407 e. The van der Waals surface area contributed by atoms with Crippen molar-refractivity contribution < 1.29 is 18.7 Å². The van der Waals surface area contributed by atoms with Crippen LogP contribution in [-0.4, -0.2) is 57.1 Å². The number of ether oxygens (including phenoxy) is 1. The summed E-state index contributed by atoms with van der Waals surface area (Å²) in [6.45, 7) is 3.25. The first kappa shape index (κ1) is 21.1. The summed E-state index contributed by atoms with van der Waals surface area (Å²) in [6.07, 6.45) is 8.46. The Labute approximate surface area is 189 Å². The second-order valence-corrected chi connectivity index (χ2v) is 8.54. The number of halogens is 1. The molecule has 5 rings (SSSR count). The Kier molecular flexibility index (Phi) is 5.10. The molecule has 1 saturated heterocycles. The molecule has 0 spiro atoms. The quantitative estimate of drug-likeness (QED) is 0.610. The van der Waals surface area contributed by atoms with Crippen LogP contribution in [0, 0.1) is 18.7 Å². The lowest BCUT2D eigenvalue weighted by atomic mass is 9.99. The Bertz CT molecular complexity index is 1220. The summed E-state index contributed by atoms with van der Waals surface area (Å²) in [5.74, 6) is -0.123. The Morgan fingerprint density at radius 1 is 1.24 bits per heavy atom. The molecule has 1 saturated carbocycles. The van der Waals surface area contributed by atoms with Gasteiger partial charge in [-0.1, -0.05) is 0 Å². The van der Waals surface area contributed by atoms with Gasteiger partial charge in [-0.05, 0) is 26.2 Å². The van der Waals surface area contributed by atoms with Gasteiger partial charge in [0.2, 0.25) is 0 Å². The first-order valence-corrected chi connectivity index (χ1v) is 10.8. The lowest BCUT2D eigenvalue weighted by Crippen LogP contribution is -2.35. The van der Waals surface area contributed by atoms with E-state index in [9.17, 15) is 14.0 Å². The number of carbonyl (C=O) groups excluding carboxylic acids is 2. The van der Waals surface area contributed by atoms with E-state index < -0.39 is 17.8 Å². The van der Waals surface area contributed by atoms with Crippen LogP contribution >= 0.6 is 0 Å². The summed E-state index contributed by atoms with van der Waals surface area (Å²) < 4.78 is 21.4. The normalized spacial score (nSPS) is 18.9. The molecule has 2 fully saturated rings. The second kappa shape index (κ2) is 7.98. The standard InChI is InChI=1S/C22H24FN7O3/c1-13-10-30-12-15(7-16(23)19(30)27-13)28-20(31)17-8-26-18(9-25-17)29-6-3-14(11-29)22(4-5-22)33-21(32)24-2/h7-10,12,14H,3-6,11H2,1-2H3,(H,24,32)(H,28,31)/t14-/m1/s1. The molecule has 3 aromatic heterocycles. The largest absolute Gasteiger partial charge is 0.443 e. The van der Waals surface area contributed by atoms with Crippen LogP contribution in [0.3, 0.4) is 0 Å². The van der Waals surface area contributed by atoms with Crippen molar-refractivity contribution in [2.45, 2.75) is 31.8 Å². The van der Waals surface area contributed by atoms with Crippen LogP contribution < -0.4 is 15.5 Å². The van der Waals surface area contributed by atoms with Gasteiger partial charge in [-0.15, -0.1) is 0 Å². The predicted molar refractivity (Wildman–Crippen MR) is 118 cm³/mol. The third-order valence-electron chi connectivity index (χ3n) is 6.25. The fourth-order valence-electron chi connectivity index (χ4n) is 4.39. The van der Waals surface area contributed by atoms with Crippen molar-refractivity contribution in [1.82, 2.24) is 24.7 Å². The average Bonchev–Trinajstić information content (AvgIpc) is 3.21. The molecule has 0 aromatic carbocycles. The number of rotatable bonds is 5. The number of anilines is 2. The van der Waals surface area contributed by atoms with Gasteiger partial charge in [0.1, 0.15) is 17.1 Å². The zero-order valence-electron chi connectivity index (χ0n) is 18.3. The van der Waals surface area contributed by atoms with Gasteiger partial charge in [0, 0.05) is 44.5 Å². The highest BCUT2D eigenvalue weighted by Gasteiger charge is 2.55. The zero-order chi connectivity index (χ0) is 23.2. The minimum atomic E-state index is -0.528. The molecule has 33 heavy (non-hydrogen) atoms. The topological polar surface area (TPSA) is 114 Å². The molecular weight excluding hydrogens is 429 g/mol. The third kappa shape index (κ3) is 4.06. The van der Waals surface area contributed by atoms with Gasteiger partial charge in [-0.3, -0.25) is 4.79 Å². The van der Waals surface area contributed by atoms with Crippen molar-refractivity contribution in [3.63, 3.8) is 0 Å². The van der Waals surface area contributed by atoms with Crippen molar-refractivity contribution in [1.29, 1.82) is 0 Å². The maximum absolute atomic E-state index is 14.2. The average molecular weight is 453 g/mol. The number of alkyl carbamates (subject to hydrolysis) is 1. The first-order chi connectivity index (χ1) is 15.9. The van der Waals surface area contributed by atoms with Gasteiger partial charge in [0.15, 0.2) is 11.5 Å². The number of nitrogens with zero attached hydrogens (tertiary/aromatic N) is 5. The summed E-state index contributed by atoms with van der Waals surface area (Å²) in [7, 11) is 1.56. The van der Waals surface area contributed by atoms with Gasteiger partial charge in [0.05, 0.1) is 23.8 Å². The van der Waals surface area contributed by atoms with Crippen LogP contribution in [0.2, 0.25) is 0 Å². The number of amides is 2. The van der Waals surface area contributed by atoms with Crippen LogP contribution in [0.25, 0.3) is 5.65 Å². The van der Waals surface area contributed by atoms with Gasteiger partial charge in [0.25, 0.3) is 5.91 Å². The zero-order valence-corrected chi connectivity index (χ0v) is 18.3. The molecule has 0 unspecified atom stereocenters. The van der Waals surface area contributed by atoms with Gasteiger partial charge >= 0.3 is 6.09 Å². The van der Waals surface area contributed by atoms with Gasteiger partial charge < -0.3 is 24.7 Å². The second-order valence-electron chi connectivity index (χ2n) is 8.54. The minimum absolute atomic E-state index is 0.124. The highest BCUT2D eigenvalue weighted by atomic mass is 19.1. The third-order valence-corrected chi connectivity index (χ3v) is 6.25. The predicted octanol–water partition coefficient (Wildman–Crippen LogP) is 2.54. The molecule has 2 aliphatic rings. The van der Waals surface area contributed by atoms with Gasteiger partial charge in [-0.25, -0.2) is 24.1 Å². The van der Waals surface area contributed by atoms with Crippen LogP contribution in [-0.2, 0) is 4.74 Å². The summed E-state index contributed by atoms with van der Waals surface area (Å²) in [5.41, 5.74) is 0.912. The summed E-state index contributed by atoms with van der Waals surface area (Å²) >= 11 is 0. The van der Waals surface area contributed by atoms with E-state index in [1.807, 2.05) is 0 Å². The van der Waals surface area contributed by atoms with E-state index in [1.54, 1.807) is 32.6 Å². The van der Waals surface area contributed by atoms with Crippen molar-refractivity contribution >= 4 is 29.2 Å². The molecule has 10 nitrogen and oxygen atoms in total. The molecule has 4 heterocycles. The molecule has 1 aliphatic heterocycles. The lowest BCUT2D eigenvalue weighted by Gasteiger charge is -2.23. The number of aromatic nitrogens is 4. The van der Waals surface area contributed by atoms with E-state index in [-0.39, 0.29) is 22.9 Å². The van der Waals surface area contributed by atoms with Crippen LogP contribution in [0.15, 0.2) is 30.9 Å². The molecule has 2 N–H and O–H groups in total. The minimum Gasteiger partial charge on any atom is -0.443 e. The van der Waals surface area contributed by atoms with Gasteiger partial charge in [-0.2, -0.15) is 0 Å². The summed E-state index contributed by atoms with van der Waals surface area (Å²) in [6, 6.07) is 1.22. The lowest BCUT2D eigenvalue weighted by molar-refractivity contribution is 0.0502. The molecule has 2 amide bonds. The van der Waals surface area contributed by atoms with E-state index in [1.165, 1.54) is 16.7 Å². The van der Waals surface area contributed by atoms with Crippen LogP contribution in [0.5, 0.6) is 0 Å². The van der Waals surface area contributed by atoms with Crippen molar-refractivity contribution in [2.75, 3.05) is 30.4 Å².